The van der Waals surface area contributed by atoms with Crippen LogP contribution in [0.3, 0.4) is 0 Å². The molecule has 0 aliphatic heterocycles. The molecule has 0 saturated carbocycles. The molecule has 332 valence electrons. The average molecular weight is 905 g/mol. The lowest BCUT2D eigenvalue weighted by atomic mass is 9.86. The molecular formula is C61H40N6O3. The van der Waals surface area contributed by atoms with E-state index in [-0.39, 0.29) is 11.1 Å². The van der Waals surface area contributed by atoms with Crippen LogP contribution in [0.2, 0.25) is 0 Å². The summed E-state index contributed by atoms with van der Waals surface area (Å²) >= 11 is 0. The zero-order valence-corrected chi connectivity index (χ0v) is 37.8. The first-order chi connectivity index (χ1) is 34.4. The standard InChI is InChI=1S/C61H40N6O3/c1-39-14-2-11-23-54(39)62-57-35-40(26-29-65(57)38-68)46-15-3-6-18-49(46)43-32-44(50-19-7-4-16-47(50)41-27-30-66-58(36-41)63-55-24-12-9-21-52(55)60(66)69)34-45(33-43)51-20-8-5-17-48(51)42-28-31-67-59(37-42)64-56-25-13-10-22-53(56)61(67)70/h2-38H,1H3. The lowest BCUT2D eigenvalue weighted by molar-refractivity contribution is 0.545. The van der Waals surface area contributed by atoms with E-state index in [1.54, 1.807) is 39.5 Å². The minimum Gasteiger partial charge on any atom is -0.278 e. The first-order valence-corrected chi connectivity index (χ1v) is 22.9. The number of nitrogens with zero attached hydrogens (tertiary/aromatic N) is 6. The number of fused-ring (bicyclic) bond motifs is 4. The van der Waals surface area contributed by atoms with Crippen molar-refractivity contribution in [2.24, 2.45) is 4.99 Å². The molecule has 0 aliphatic rings. The summed E-state index contributed by atoms with van der Waals surface area (Å²) in [5, 5.41) is 1.13. The van der Waals surface area contributed by atoms with Gasteiger partial charge in [-0.3, -0.25) is 27.8 Å². The van der Waals surface area contributed by atoms with Crippen molar-refractivity contribution in [3.05, 3.63) is 251 Å². The van der Waals surface area contributed by atoms with Crippen LogP contribution in [0, 0.1) is 6.92 Å². The summed E-state index contributed by atoms with van der Waals surface area (Å²) in [5.74, 6) is 0. The summed E-state index contributed by atoms with van der Waals surface area (Å²) in [4.78, 5) is 54.3. The Kier molecular flexibility index (Phi) is 10.3. The van der Waals surface area contributed by atoms with Crippen LogP contribution in [0.25, 0.3) is 99.9 Å². The molecule has 70 heavy (non-hydrogen) atoms. The first kappa shape index (κ1) is 41.8. The normalized spacial score (nSPS) is 11.8. The van der Waals surface area contributed by atoms with Crippen molar-refractivity contribution in [2.45, 2.75) is 6.92 Å². The van der Waals surface area contributed by atoms with Gasteiger partial charge in [0, 0.05) is 18.6 Å². The molecule has 5 heterocycles. The van der Waals surface area contributed by atoms with Crippen molar-refractivity contribution in [1.82, 2.24) is 23.3 Å². The molecule has 0 amide bonds. The number of carbonyl (C=O) groups excluding carboxylic acids is 1. The van der Waals surface area contributed by atoms with Crippen LogP contribution in [-0.2, 0) is 4.79 Å². The van der Waals surface area contributed by atoms with Crippen molar-refractivity contribution in [1.29, 1.82) is 0 Å². The van der Waals surface area contributed by atoms with Crippen LogP contribution in [0.5, 0.6) is 0 Å². The molecule has 0 atom stereocenters. The van der Waals surface area contributed by atoms with Crippen LogP contribution < -0.4 is 16.6 Å². The van der Waals surface area contributed by atoms with Gasteiger partial charge < -0.3 is 0 Å². The maximum Gasteiger partial charge on any atom is 0.265 e. The molecule has 0 unspecified atom stereocenters. The minimum absolute atomic E-state index is 0.118. The van der Waals surface area contributed by atoms with Gasteiger partial charge in [0.25, 0.3) is 11.1 Å². The number of benzene rings is 7. The molecule has 5 aromatic heterocycles. The number of aryl methyl sites for hydroxylation is 1. The number of pyridine rings is 3. The van der Waals surface area contributed by atoms with E-state index in [1.165, 1.54) is 4.57 Å². The number of carbonyl (C=O) groups is 1. The molecule has 9 nitrogen and oxygen atoms in total. The lowest BCUT2D eigenvalue weighted by Crippen LogP contribution is -2.19. The van der Waals surface area contributed by atoms with E-state index in [1.807, 2.05) is 140 Å². The highest BCUT2D eigenvalue weighted by Gasteiger charge is 2.18. The molecule has 0 fully saturated rings. The third-order valence-corrected chi connectivity index (χ3v) is 13.1. The lowest BCUT2D eigenvalue weighted by Gasteiger charge is -2.18. The topological polar surface area (TPSA) is 103 Å². The van der Waals surface area contributed by atoms with Crippen LogP contribution in [0.4, 0.5) is 5.69 Å². The monoisotopic (exact) mass is 904 g/mol. The van der Waals surface area contributed by atoms with Gasteiger partial charge in [0.2, 0.25) is 6.41 Å². The van der Waals surface area contributed by atoms with Gasteiger partial charge in [0.15, 0.2) is 0 Å². The zero-order valence-electron chi connectivity index (χ0n) is 37.8. The molecule has 0 aliphatic carbocycles. The van der Waals surface area contributed by atoms with Gasteiger partial charge in [0.05, 0.1) is 27.5 Å². The summed E-state index contributed by atoms with van der Waals surface area (Å²) in [5.41, 5.74) is 15.9. The van der Waals surface area contributed by atoms with Gasteiger partial charge in [-0.2, -0.15) is 0 Å². The van der Waals surface area contributed by atoms with E-state index in [0.29, 0.717) is 38.6 Å². The Labute approximate surface area is 400 Å². The third-order valence-electron chi connectivity index (χ3n) is 13.1. The molecule has 0 saturated heterocycles. The Hall–Kier alpha value is -9.60. The number of rotatable bonds is 8. The van der Waals surface area contributed by atoms with Gasteiger partial charge in [-0.25, -0.2) is 15.0 Å². The fraction of sp³-hybridized carbons (Fsp3) is 0.0164. The molecule has 9 heteroatoms. The van der Waals surface area contributed by atoms with E-state index in [4.69, 9.17) is 15.0 Å². The van der Waals surface area contributed by atoms with E-state index in [2.05, 4.69) is 54.6 Å². The van der Waals surface area contributed by atoms with E-state index in [0.717, 1.165) is 84.4 Å². The quantitative estimate of drug-likeness (QED) is 0.112. The SMILES string of the molecule is Cc1ccccc1N=c1cc(-c2ccccc2-c2cc(-c3ccccc3-c3ccn4c(=O)c5ccccc5nc4c3)cc(-c3ccccc3-c3ccn4c(=O)c5ccccc5nc4c3)c2)ccn1C=O. The first-order valence-electron chi connectivity index (χ1n) is 22.9. The Balaban J connectivity index is 1.07. The van der Waals surface area contributed by atoms with Crippen molar-refractivity contribution in [3.63, 3.8) is 0 Å². The molecule has 7 aromatic carbocycles. The van der Waals surface area contributed by atoms with Crippen LogP contribution in [0.1, 0.15) is 5.56 Å². The van der Waals surface area contributed by atoms with E-state index in [9.17, 15) is 14.4 Å². The second kappa shape index (κ2) is 17.2. The van der Waals surface area contributed by atoms with E-state index < -0.39 is 0 Å². The predicted molar refractivity (Wildman–Crippen MR) is 281 cm³/mol. The predicted octanol–water partition coefficient (Wildman–Crippen LogP) is 12.4. The molecule has 0 spiro atoms. The number of aromatic nitrogens is 5. The highest BCUT2D eigenvalue weighted by atomic mass is 16.1. The second-order valence-corrected chi connectivity index (χ2v) is 17.3. The minimum atomic E-state index is -0.118. The number of para-hydroxylation sites is 3. The zero-order chi connectivity index (χ0) is 47.3. The van der Waals surface area contributed by atoms with Gasteiger partial charge in [0.1, 0.15) is 16.8 Å². The fourth-order valence-corrected chi connectivity index (χ4v) is 9.55. The third kappa shape index (κ3) is 7.39. The smallest absolute Gasteiger partial charge is 0.265 e. The summed E-state index contributed by atoms with van der Waals surface area (Å²) in [6.45, 7) is 2.00. The van der Waals surface area contributed by atoms with Gasteiger partial charge in [-0.1, -0.05) is 115 Å². The average Bonchev–Trinajstić information content (AvgIpc) is 3.41. The van der Waals surface area contributed by atoms with Crippen molar-refractivity contribution < 1.29 is 4.79 Å². The maximum atomic E-state index is 13.6. The Morgan fingerprint density at radius 3 is 1.26 bits per heavy atom. The molecule has 0 bridgehead atoms. The Morgan fingerprint density at radius 1 is 0.414 bits per heavy atom. The van der Waals surface area contributed by atoms with E-state index >= 15 is 0 Å². The summed E-state index contributed by atoms with van der Waals surface area (Å²) in [7, 11) is 0. The summed E-state index contributed by atoms with van der Waals surface area (Å²) in [6.07, 6.45) is 6.15. The molecule has 12 aromatic rings. The Morgan fingerprint density at radius 2 is 0.800 bits per heavy atom. The number of hydrogen-bond acceptors (Lipinski definition) is 6. The molecule has 12 rings (SSSR count). The maximum absolute atomic E-state index is 13.6. The fourth-order valence-electron chi connectivity index (χ4n) is 9.55. The molecular weight excluding hydrogens is 865 g/mol. The van der Waals surface area contributed by atoms with Crippen LogP contribution >= 0.6 is 0 Å². The van der Waals surface area contributed by atoms with Crippen molar-refractivity contribution in [2.75, 3.05) is 0 Å². The van der Waals surface area contributed by atoms with Crippen LogP contribution in [0.15, 0.2) is 233 Å². The van der Waals surface area contributed by atoms with Crippen molar-refractivity contribution in [3.8, 4) is 66.8 Å². The summed E-state index contributed by atoms with van der Waals surface area (Å²) < 4.78 is 4.69. The number of hydrogen-bond donors (Lipinski definition) is 0. The summed E-state index contributed by atoms with van der Waals surface area (Å²) in [6, 6.07) is 66.1. The molecule has 0 N–H and O–H groups in total. The largest absolute Gasteiger partial charge is 0.278 e. The molecule has 0 radical (unpaired) electrons. The highest BCUT2D eigenvalue weighted by molar-refractivity contribution is 5.95. The Bertz CT molecular complexity index is 4100. The van der Waals surface area contributed by atoms with Gasteiger partial charge >= 0.3 is 0 Å². The second-order valence-electron chi connectivity index (χ2n) is 17.3. The van der Waals surface area contributed by atoms with Gasteiger partial charge in [-0.15, -0.1) is 0 Å². The van der Waals surface area contributed by atoms with Crippen molar-refractivity contribution >= 4 is 45.2 Å². The van der Waals surface area contributed by atoms with Gasteiger partial charge in [-0.05, 0) is 164 Å². The highest BCUT2D eigenvalue weighted by Crippen LogP contribution is 2.42. The van der Waals surface area contributed by atoms with Crippen LogP contribution in [-0.4, -0.2) is 29.7 Å².